The molecule has 2 aromatic carbocycles. The molecule has 0 bridgehead atoms. The first-order chi connectivity index (χ1) is 14.9. The molecule has 32 heavy (non-hydrogen) atoms. The summed E-state index contributed by atoms with van der Waals surface area (Å²) in [6, 6.07) is 7.59. The molecule has 1 aliphatic heterocycles. The summed E-state index contributed by atoms with van der Waals surface area (Å²) in [4.78, 5) is 12.5. The Morgan fingerprint density at radius 3 is 2.59 bits per heavy atom. The van der Waals surface area contributed by atoms with Crippen molar-refractivity contribution in [1.82, 2.24) is 5.32 Å². The Hall–Kier alpha value is -2.65. The summed E-state index contributed by atoms with van der Waals surface area (Å²) >= 11 is 12.5. The van der Waals surface area contributed by atoms with Crippen molar-refractivity contribution in [2.45, 2.75) is 25.4 Å². The van der Waals surface area contributed by atoms with Gasteiger partial charge in [0.05, 0.1) is 22.7 Å². The summed E-state index contributed by atoms with van der Waals surface area (Å²) in [6.45, 7) is 1.12. The highest BCUT2D eigenvalue weighted by atomic mass is 35.5. The van der Waals surface area contributed by atoms with Crippen molar-refractivity contribution in [1.29, 1.82) is 5.26 Å². The second kappa shape index (κ2) is 9.07. The number of fused-ring (bicyclic) bond motifs is 1. The van der Waals surface area contributed by atoms with Crippen LogP contribution >= 0.6 is 23.2 Å². The highest BCUT2D eigenvalue weighted by molar-refractivity contribution is 6.66. The van der Waals surface area contributed by atoms with Gasteiger partial charge in [0.2, 0.25) is 0 Å². The van der Waals surface area contributed by atoms with Crippen LogP contribution in [0.3, 0.4) is 0 Å². The molecule has 2 aromatic rings. The van der Waals surface area contributed by atoms with Crippen molar-refractivity contribution in [2.24, 2.45) is 0 Å². The van der Waals surface area contributed by atoms with E-state index in [1.54, 1.807) is 0 Å². The van der Waals surface area contributed by atoms with Gasteiger partial charge in [-0.1, -0.05) is 23.2 Å². The first kappa shape index (κ1) is 24.0. The number of carbonyl (C=O) groups is 1. The minimum absolute atomic E-state index is 0.000935. The number of alkyl halides is 3. The van der Waals surface area contributed by atoms with E-state index in [9.17, 15) is 28.3 Å². The number of nitrogens with one attached hydrogen (secondary N) is 1. The Morgan fingerprint density at radius 1 is 1.34 bits per heavy atom. The Balaban J connectivity index is 1.71. The van der Waals surface area contributed by atoms with Crippen molar-refractivity contribution in [3.05, 3.63) is 51.5 Å². The van der Waals surface area contributed by atoms with E-state index in [1.807, 2.05) is 6.07 Å². The maximum Gasteiger partial charge on any atom is 0.573 e. The van der Waals surface area contributed by atoms with Crippen molar-refractivity contribution in [3.63, 3.8) is 0 Å². The number of benzene rings is 2. The Morgan fingerprint density at radius 2 is 2.00 bits per heavy atom. The summed E-state index contributed by atoms with van der Waals surface area (Å²) in [5.41, 5.74) is -0.669. The minimum atomic E-state index is -4.86. The van der Waals surface area contributed by atoms with Crippen LogP contribution in [0.5, 0.6) is 11.5 Å². The topological polar surface area (TPSA) is 101 Å². The fraction of sp³-hybridized carbons (Fsp3) is 0.263. The van der Waals surface area contributed by atoms with E-state index < -0.39 is 30.7 Å². The molecule has 1 atom stereocenters. The lowest BCUT2D eigenvalue weighted by Crippen LogP contribution is -2.49. The van der Waals surface area contributed by atoms with Crippen LogP contribution in [0, 0.1) is 11.3 Å². The lowest BCUT2D eigenvalue weighted by Gasteiger charge is -2.24. The van der Waals surface area contributed by atoms with Crippen molar-refractivity contribution < 1.29 is 37.1 Å². The Labute approximate surface area is 190 Å². The Kier molecular flexibility index (Phi) is 6.81. The summed E-state index contributed by atoms with van der Waals surface area (Å²) < 4.78 is 51.2. The standard InChI is InChI=1S/C19H14BCl2F3N2O5/c1-18(8-26,27-17(28)10-2-4-12(5-3-10)32-19(23,24)25)9-30-16-13(21)6-11-7-31-20(29)14(11)15(16)22/h2-6,29H,7,9H2,1H3,(H,27,28). The quantitative estimate of drug-likeness (QED) is 0.605. The van der Waals surface area contributed by atoms with Crippen LogP contribution in [-0.4, -0.2) is 36.6 Å². The smallest absolute Gasteiger partial charge is 0.487 e. The van der Waals surface area contributed by atoms with E-state index in [0.29, 0.717) is 11.0 Å². The fourth-order valence-electron chi connectivity index (χ4n) is 2.88. The maximum atomic E-state index is 12.5. The molecule has 1 heterocycles. The zero-order chi connectivity index (χ0) is 23.7. The van der Waals surface area contributed by atoms with Gasteiger partial charge in [-0.25, -0.2) is 0 Å². The zero-order valence-electron chi connectivity index (χ0n) is 16.3. The van der Waals surface area contributed by atoms with E-state index in [1.165, 1.54) is 13.0 Å². The van der Waals surface area contributed by atoms with Crippen molar-refractivity contribution in [2.75, 3.05) is 6.61 Å². The SMILES string of the molecule is CC(C#N)(COc1c(Cl)cc2c(c1Cl)B(O)OC2)NC(=O)c1ccc(OC(F)(F)F)cc1. The zero-order valence-corrected chi connectivity index (χ0v) is 17.8. The van der Waals surface area contributed by atoms with Gasteiger partial charge in [-0.3, -0.25) is 4.79 Å². The summed E-state index contributed by atoms with van der Waals surface area (Å²) in [6.07, 6.45) is -4.86. The van der Waals surface area contributed by atoms with Crippen LogP contribution in [-0.2, 0) is 11.3 Å². The van der Waals surface area contributed by atoms with E-state index in [-0.39, 0.29) is 34.6 Å². The fourth-order valence-corrected chi connectivity index (χ4v) is 3.58. The van der Waals surface area contributed by atoms with E-state index in [2.05, 4.69) is 10.1 Å². The van der Waals surface area contributed by atoms with Gasteiger partial charge >= 0.3 is 13.5 Å². The number of rotatable bonds is 6. The average Bonchev–Trinajstić information content (AvgIpc) is 3.07. The van der Waals surface area contributed by atoms with E-state index >= 15 is 0 Å². The molecule has 0 saturated heterocycles. The van der Waals surface area contributed by atoms with Crippen LogP contribution in [0.2, 0.25) is 10.0 Å². The molecular weight excluding hydrogens is 475 g/mol. The lowest BCUT2D eigenvalue weighted by molar-refractivity contribution is -0.274. The van der Waals surface area contributed by atoms with Gasteiger partial charge in [0, 0.05) is 11.0 Å². The highest BCUT2D eigenvalue weighted by Gasteiger charge is 2.35. The first-order valence-corrected chi connectivity index (χ1v) is 9.71. The molecule has 0 fully saturated rings. The largest absolute Gasteiger partial charge is 0.573 e. The average molecular weight is 489 g/mol. The minimum Gasteiger partial charge on any atom is -0.487 e. The lowest BCUT2D eigenvalue weighted by atomic mass is 9.79. The normalized spacial score (nSPS) is 14.9. The van der Waals surface area contributed by atoms with Crippen molar-refractivity contribution in [3.8, 4) is 17.6 Å². The second-order valence-electron chi connectivity index (χ2n) is 7.00. The number of halogens is 5. The van der Waals surface area contributed by atoms with Gasteiger partial charge in [-0.05, 0) is 42.8 Å². The molecule has 7 nitrogen and oxygen atoms in total. The van der Waals surface area contributed by atoms with Crippen LogP contribution in [0.1, 0.15) is 22.8 Å². The third-order valence-electron chi connectivity index (χ3n) is 4.43. The molecule has 0 spiro atoms. The highest BCUT2D eigenvalue weighted by Crippen LogP contribution is 2.35. The summed E-state index contributed by atoms with van der Waals surface area (Å²) in [5.74, 6) is -1.22. The molecule has 1 amide bonds. The molecule has 0 aliphatic carbocycles. The van der Waals surface area contributed by atoms with Gasteiger partial charge in [-0.2, -0.15) is 5.26 Å². The predicted octanol–water partition coefficient (Wildman–Crippen LogP) is 3.20. The molecule has 13 heteroatoms. The molecule has 1 unspecified atom stereocenters. The number of amides is 1. The number of ether oxygens (including phenoxy) is 2. The number of carbonyl (C=O) groups excluding carboxylic acids is 1. The number of nitriles is 1. The molecule has 0 saturated carbocycles. The van der Waals surface area contributed by atoms with Gasteiger partial charge in [-0.15, -0.1) is 13.2 Å². The van der Waals surface area contributed by atoms with Crippen LogP contribution in [0.25, 0.3) is 0 Å². The first-order valence-electron chi connectivity index (χ1n) is 8.95. The van der Waals surface area contributed by atoms with Crippen LogP contribution < -0.4 is 20.3 Å². The summed E-state index contributed by atoms with van der Waals surface area (Å²) in [7, 11) is -1.25. The van der Waals surface area contributed by atoms with Crippen molar-refractivity contribution >= 4 is 41.7 Å². The van der Waals surface area contributed by atoms with Gasteiger partial charge in [0.1, 0.15) is 12.4 Å². The molecule has 168 valence electrons. The van der Waals surface area contributed by atoms with E-state index in [4.69, 9.17) is 32.6 Å². The third kappa shape index (κ3) is 5.39. The number of nitrogens with zero attached hydrogens (tertiary/aromatic N) is 1. The van der Waals surface area contributed by atoms with Gasteiger partial charge < -0.3 is 24.5 Å². The number of hydrogen-bond donors (Lipinski definition) is 2. The molecular formula is C19H14BCl2F3N2O5. The summed E-state index contributed by atoms with van der Waals surface area (Å²) in [5, 5.41) is 22.0. The second-order valence-corrected chi connectivity index (χ2v) is 7.78. The van der Waals surface area contributed by atoms with Gasteiger partial charge in [0.25, 0.3) is 5.91 Å². The van der Waals surface area contributed by atoms with Crippen LogP contribution in [0.4, 0.5) is 13.2 Å². The molecule has 0 radical (unpaired) electrons. The number of hydrogen-bond acceptors (Lipinski definition) is 6. The van der Waals surface area contributed by atoms with E-state index in [0.717, 1.165) is 24.3 Å². The molecule has 1 aliphatic rings. The Bertz CT molecular complexity index is 1080. The molecule has 0 aromatic heterocycles. The molecule has 3 rings (SSSR count). The van der Waals surface area contributed by atoms with Gasteiger partial charge in [0.15, 0.2) is 11.3 Å². The maximum absolute atomic E-state index is 12.5. The van der Waals surface area contributed by atoms with Crippen LogP contribution in [0.15, 0.2) is 30.3 Å². The monoisotopic (exact) mass is 488 g/mol. The predicted molar refractivity (Wildman–Crippen MR) is 109 cm³/mol. The third-order valence-corrected chi connectivity index (χ3v) is 5.09. The molecule has 2 N–H and O–H groups in total.